The van der Waals surface area contributed by atoms with E-state index in [2.05, 4.69) is 19.2 Å². The predicted molar refractivity (Wildman–Crippen MR) is 112 cm³/mol. The van der Waals surface area contributed by atoms with Crippen LogP contribution in [-0.4, -0.2) is 12.5 Å². The van der Waals surface area contributed by atoms with Crippen molar-refractivity contribution in [2.75, 3.05) is 11.9 Å². The Hall–Kier alpha value is -3.27. The van der Waals surface area contributed by atoms with E-state index in [4.69, 9.17) is 9.47 Å². The van der Waals surface area contributed by atoms with Crippen LogP contribution in [0, 0.1) is 5.92 Å². The van der Waals surface area contributed by atoms with Gasteiger partial charge >= 0.3 is 0 Å². The standard InChI is InChI=1S/C24H25NO3/c1-18(2)16-27-22-13-11-20(12-14-22)24(26)25-21-9-6-10-23(15-21)28-17-19-7-4-3-5-8-19/h3-15,18H,16-17H2,1-2H3,(H,25,26). The molecule has 0 radical (unpaired) electrons. The summed E-state index contributed by atoms with van der Waals surface area (Å²) in [5.74, 6) is 1.76. The van der Waals surface area contributed by atoms with E-state index in [-0.39, 0.29) is 5.91 Å². The fourth-order valence-electron chi connectivity index (χ4n) is 2.57. The van der Waals surface area contributed by atoms with E-state index in [1.54, 1.807) is 12.1 Å². The number of hydrogen-bond donors (Lipinski definition) is 1. The number of rotatable bonds is 8. The number of amides is 1. The lowest BCUT2D eigenvalue weighted by molar-refractivity contribution is 0.102. The van der Waals surface area contributed by atoms with E-state index >= 15 is 0 Å². The Morgan fingerprint density at radius 2 is 1.61 bits per heavy atom. The van der Waals surface area contributed by atoms with Crippen LogP contribution in [0.15, 0.2) is 78.9 Å². The van der Waals surface area contributed by atoms with Crippen LogP contribution < -0.4 is 14.8 Å². The third-order valence-corrected chi connectivity index (χ3v) is 4.04. The lowest BCUT2D eigenvalue weighted by atomic mass is 10.2. The molecule has 0 saturated carbocycles. The molecule has 3 rings (SSSR count). The Morgan fingerprint density at radius 1 is 0.857 bits per heavy atom. The molecular weight excluding hydrogens is 350 g/mol. The van der Waals surface area contributed by atoms with E-state index in [1.807, 2.05) is 66.7 Å². The number of ether oxygens (including phenoxy) is 2. The summed E-state index contributed by atoms with van der Waals surface area (Å²) in [6, 6.07) is 24.5. The van der Waals surface area contributed by atoms with Crippen LogP contribution >= 0.6 is 0 Å². The van der Waals surface area contributed by atoms with Gasteiger partial charge in [0.2, 0.25) is 0 Å². The fraction of sp³-hybridized carbons (Fsp3) is 0.208. The first-order valence-corrected chi connectivity index (χ1v) is 9.41. The van der Waals surface area contributed by atoms with Crippen molar-refractivity contribution in [2.24, 2.45) is 5.92 Å². The van der Waals surface area contributed by atoms with Crippen molar-refractivity contribution in [3.05, 3.63) is 90.0 Å². The lowest BCUT2D eigenvalue weighted by Crippen LogP contribution is -2.12. The molecule has 0 unspecified atom stereocenters. The van der Waals surface area contributed by atoms with Crippen molar-refractivity contribution in [3.63, 3.8) is 0 Å². The normalized spacial score (nSPS) is 10.5. The largest absolute Gasteiger partial charge is 0.493 e. The van der Waals surface area contributed by atoms with E-state index < -0.39 is 0 Å². The predicted octanol–water partition coefficient (Wildman–Crippen LogP) is 5.55. The zero-order chi connectivity index (χ0) is 19.8. The zero-order valence-electron chi connectivity index (χ0n) is 16.2. The van der Waals surface area contributed by atoms with Gasteiger partial charge in [-0.1, -0.05) is 50.2 Å². The molecule has 0 heterocycles. The van der Waals surface area contributed by atoms with Gasteiger partial charge in [0, 0.05) is 17.3 Å². The third-order valence-electron chi connectivity index (χ3n) is 4.04. The van der Waals surface area contributed by atoms with Gasteiger partial charge in [-0.2, -0.15) is 0 Å². The first kappa shape index (κ1) is 19.5. The second kappa shape index (κ2) is 9.60. The molecule has 1 amide bonds. The number of benzene rings is 3. The second-order valence-corrected chi connectivity index (χ2v) is 6.99. The average Bonchev–Trinajstić information content (AvgIpc) is 2.72. The number of hydrogen-bond acceptors (Lipinski definition) is 3. The van der Waals surface area contributed by atoms with E-state index in [1.165, 1.54) is 0 Å². The molecule has 3 aromatic rings. The van der Waals surface area contributed by atoms with E-state index in [9.17, 15) is 4.79 Å². The maximum absolute atomic E-state index is 12.5. The number of anilines is 1. The van der Waals surface area contributed by atoms with Gasteiger partial charge in [0.25, 0.3) is 5.91 Å². The number of carbonyl (C=O) groups excluding carboxylic acids is 1. The molecule has 0 saturated heterocycles. The van der Waals surface area contributed by atoms with Crippen LogP contribution in [-0.2, 0) is 6.61 Å². The summed E-state index contributed by atoms with van der Waals surface area (Å²) in [5, 5.41) is 2.91. The molecule has 0 aliphatic carbocycles. The molecule has 4 nitrogen and oxygen atoms in total. The Kier molecular flexibility index (Phi) is 6.68. The quantitative estimate of drug-likeness (QED) is 0.561. The molecule has 28 heavy (non-hydrogen) atoms. The van der Waals surface area contributed by atoms with Crippen molar-refractivity contribution in [1.29, 1.82) is 0 Å². The fourth-order valence-corrected chi connectivity index (χ4v) is 2.57. The monoisotopic (exact) mass is 375 g/mol. The summed E-state index contributed by atoms with van der Waals surface area (Å²) in [6.07, 6.45) is 0. The Balaban J connectivity index is 1.58. The molecule has 0 fully saturated rings. The molecule has 0 aliphatic heterocycles. The van der Waals surface area contributed by atoms with E-state index in [0.717, 1.165) is 11.3 Å². The summed E-state index contributed by atoms with van der Waals surface area (Å²) in [7, 11) is 0. The van der Waals surface area contributed by atoms with E-state index in [0.29, 0.717) is 36.1 Å². The Bertz CT molecular complexity index is 889. The summed E-state index contributed by atoms with van der Waals surface area (Å²) in [5.41, 5.74) is 2.36. The maximum atomic E-state index is 12.5. The molecule has 0 bridgehead atoms. The van der Waals surface area contributed by atoms with Gasteiger partial charge in [-0.25, -0.2) is 0 Å². The molecule has 0 spiro atoms. The van der Waals surface area contributed by atoms with Crippen LogP contribution in [0.3, 0.4) is 0 Å². The molecular formula is C24H25NO3. The Morgan fingerprint density at radius 3 is 2.32 bits per heavy atom. The number of nitrogens with one attached hydrogen (secondary N) is 1. The molecule has 0 aliphatic rings. The summed E-state index contributed by atoms with van der Waals surface area (Å²) in [6.45, 7) is 5.33. The van der Waals surface area contributed by atoms with Crippen molar-refractivity contribution >= 4 is 11.6 Å². The first-order valence-electron chi connectivity index (χ1n) is 9.41. The van der Waals surface area contributed by atoms with Gasteiger partial charge in [-0.3, -0.25) is 4.79 Å². The topological polar surface area (TPSA) is 47.6 Å². The minimum Gasteiger partial charge on any atom is -0.493 e. The van der Waals surface area contributed by atoms with Crippen molar-refractivity contribution in [2.45, 2.75) is 20.5 Å². The van der Waals surface area contributed by atoms with Crippen LogP contribution in [0.25, 0.3) is 0 Å². The van der Waals surface area contributed by atoms with Gasteiger partial charge in [0.15, 0.2) is 0 Å². The van der Waals surface area contributed by atoms with Gasteiger partial charge in [-0.15, -0.1) is 0 Å². The van der Waals surface area contributed by atoms with Crippen molar-refractivity contribution in [1.82, 2.24) is 0 Å². The molecule has 3 aromatic carbocycles. The minimum absolute atomic E-state index is 0.171. The molecule has 1 N–H and O–H groups in total. The summed E-state index contributed by atoms with van der Waals surface area (Å²) in [4.78, 5) is 12.5. The van der Waals surface area contributed by atoms with Crippen molar-refractivity contribution in [3.8, 4) is 11.5 Å². The summed E-state index contributed by atoms with van der Waals surface area (Å²) < 4.78 is 11.5. The first-order chi connectivity index (χ1) is 13.6. The SMILES string of the molecule is CC(C)COc1ccc(C(=O)Nc2cccc(OCc3ccccc3)c2)cc1. The highest BCUT2D eigenvalue weighted by Gasteiger charge is 2.07. The van der Waals surface area contributed by atoms with Crippen LogP contribution in [0.5, 0.6) is 11.5 Å². The lowest BCUT2D eigenvalue weighted by Gasteiger charge is -2.11. The van der Waals surface area contributed by atoms with Crippen LogP contribution in [0.2, 0.25) is 0 Å². The second-order valence-electron chi connectivity index (χ2n) is 6.99. The average molecular weight is 375 g/mol. The van der Waals surface area contributed by atoms with Gasteiger partial charge < -0.3 is 14.8 Å². The maximum Gasteiger partial charge on any atom is 0.255 e. The van der Waals surface area contributed by atoms with Gasteiger partial charge in [0.1, 0.15) is 18.1 Å². The number of carbonyl (C=O) groups is 1. The molecule has 4 heteroatoms. The third kappa shape index (κ3) is 5.88. The molecule has 144 valence electrons. The summed E-state index contributed by atoms with van der Waals surface area (Å²) >= 11 is 0. The van der Waals surface area contributed by atoms with Crippen LogP contribution in [0.4, 0.5) is 5.69 Å². The highest BCUT2D eigenvalue weighted by molar-refractivity contribution is 6.04. The highest BCUT2D eigenvalue weighted by Crippen LogP contribution is 2.20. The van der Waals surface area contributed by atoms with Crippen molar-refractivity contribution < 1.29 is 14.3 Å². The molecule has 0 aromatic heterocycles. The minimum atomic E-state index is -0.171. The van der Waals surface area contributed by atoms with Gasteiger partial charge in [0.05, 0.1) is 6.61 Å². The molecule has 0 atom stereocenters. The highest BCUT2D eigenvalue weighted by atomic mass is 16.5. The smallest absolute Gasteiger partial charge is 0.255 e. The van der Waals surface area contributed by atoms with Gasteiger partial charge in [-0.05, 0) is 47.9 Å². The Labute approximate surface area is 166 Å². The van der Waals surface area contributed by atoms with Crippen LogP contribution in [0.1, 0.15) is 29.8 Å². The zero-order valence-corrected chi connectivity index (χ0v) is 16.2.